The summed E-state index contributed by atoms with van der Waals surface area (Å²) in [5.41, 5.74) is 0.577. The number of hydrogen-bond donors (Lipinski definition) is 0. The lowest BCUT2D eigenvalue weighted by Crippen LogP contribution is -2.30. The van der Waals surface area contributed by atoms with Gasteiger partial charge in [-0.15, -0.1) is 0 Å². The normalized spacial score (nSPS) is 19.7. The van der Waals surface area contributed by atoms with Crippen LogP contribution in [0.5, 0.6) is 0 Å². The minimum atomic E-state index is -3.37. The molecule has 0 amide bonds. The Hall–Kier alpha value is -1.12. The first-order valence-corrected chi connectivity index (χ1v) is 8.43. The van der Waals surface area contributed by atoms with Gasteiger partial charge in [-0.25, -0.2) is 12.7 Å². The van der Waals surface area contributed by atoms with Crippen molar-refractivity contribution in [2.75, 3.05) is 23.5 Å². The summed E-state index contributed by atoms with van der Waals surface area (Å²) in [7, 11) is 0.169. The van der Waals surface area contributed by atoms with Crippen LogP contribution in [0.3, 0.4) is 0 Å². The van der Waals surface area contributed by atoms with E-state index in [0.29, 0.717) is 16.0 Å². The Morgan fingerprint density at radius 3 is 2.58 bits per heavy atom. The summed E-state index contributed by atoms with van der Waals surface area (Å²) in [5.74, 6) is 0. The van der Waals surface area contributed by atoms with Crippen molar-refractivity contribution in [3.05, 3.63) is 30.3 Å². The Balaban J connectivity index is 2.44. The first-order chi connectivity index (χ1) is 8.92. The molecule has 0 spiro atoms. The summed E-state index contributed by atoms with van der Waals surface area (Å²) in [6.07, 6.45) is 0. The fourth-order valence-corrected chi connectivity index (χ4v) is 4.63. The van der Waals surface area contributed by atoms with Gasteiger partial charge in [0.25, 0.3) is 10.0 Å². The van der Waals surface area contributed by atoms with Gasteiger partial charge in [0.2, 0.25) is 0 Å². The van der Waals surface area contributed by atoms with Crippen LogP contribution in [0.15, 0.2) is 35.3 Å². The van der Waals surface area contributed by atoms with Crippen LogP contribution >= 0.6 is 24.0 Å². The molecule has 1 aromatic carbocycles. The Labute approximate surface area is 122 Å². The molecular formula is C11H13N3O2S3. The molecule has 19 heavy (non-hydrogen) atoms. The molecule has 1 aromatic rings. The third kappa shape index (κ3) is 3.07. The highest BCUT2D eigenvalue weighted by atomic mass is 32.3. The Morgan fingerprint density at radius 1 is 1.37 bits per heavy atom. The SMILES string of the molecule is CN(C)C(=S)/N=C1/SCS(=O)(=O)N1c1ccccc1. The highest BCUT2D eigenvalue weighted by Crippen LogP contribution is 2.31. The van der Waals surface area contributed by atoms with E-state index in [0.717, 1.165) is 0 Å². The summed E-state index contributed by atoms with van der Waals surface area (Å²) in [6.45, 7) is 0. The molecule has 0 aliphatic carbocycles. The molecule has 0 aromatic heterocycles. The molecule has 102 valence electrons. The largest absolute Gasteiger partial charge is 0.354 e. The fourth-order valence-electron chi connectivity index (χ4n) is 1.45. The summed E-state index contributed by atoms with van der Waals surface area (Å²) < 4.78 is 25.4. The summed E-state index contributed by atoms with van der Waals surface area (Å²) in [6, 6.07) is 8.88. The van der Waals surface area contributed by atoms with Gasteiger partial charge in [-0.05, 0) is 24.4 Å². The number of anilines is 1. The van der Waals surface area contributed by atoms with Gasteiger partial charge in [0, 0.05) is 14.1 Å². The van der Waals surface area contributed by atoms with Gasteiger partial charge in [-0.3, -0.25) is 0 Å². The van der Waals surface area contributed by atoms with Crippen LogP contribution in [0.1, 0.15) is 0 Å². The number of nitrogens with zero attached hydrogens (tertiary/aromatic N) is 3. The van der Waals surface area contributed by atoms with E-state index in [9.17, 15) is 8.42 Å². The second-order valence-corrected chi connectivity index (χ2v) is 7.54. The zero-order valence-electron chi connectivity index (χ0n) is 10.5. The van der Waals surface area contributed by atoms with Crippen LogP contribution in [0.4, 0.5) is 5.69 Å². The molecular weight excluding hydrogens is 302 g/mol. The lowest BCUT2D eigenvalue weighted by molar-refractivity contribution is 0.602. The molecule has 2 rings (SSSR count). The van der Waals surface area contributed by atoms with Gasteiger partial charge in [0.05, 0.1) is 5.69 Å². The van der Waals surface area contributed by atoms with Gasteiger partial charge < -0.3 is 4.90 Å². The van der Waals surface area contributed by atoms with E-state index in [-0.39, 0.29) is 5.08 Å². The molecule has 1 aliphatic heterocycles. The molecule has 1 aliphatic rings. The van der Waals surface area contributed by atoms with Gasteiger partial charge in [-0.1, -0.05) is 30.0 Å². The molecule has 0 unspecified atom stereocenters. The fraction of sp³-hybridized carbons (Fsp3) is 0.273. The van der Waals surface area contributed by atoms with Crippen molar-refractivity contribution < 1.29 is 8.42 Å². The second kappa shape index (κ2) is 5.48. The van der Waals surface area contributed by atoms with E-state index in [1.165, 1.54) is 16.1 Å². The van der Waals surface area contributed by atoms with Crippen LogP contribution in [-0.4, -0.2) is 42.8 Å². The van der Waals surface area contributed by atoms with Crippen molar-refractivity contribution in [3.8, 4) is 0 Å². The predicted octanol–water partition coefficient (Wildman–Crippen LogP) is 1.73. The van der Waals surface area contributed by atoms with Gasteiger partial charge in [0.1, 0.15) is 5.08 Å². The van der Waals surface area contributed by atoms with E-state index in [1.54, 1.807) is 43.3 Å². The number of thiocarbonyl (C=S) groups is 1. The van der Waals surface area contributed by atoms with Crippen molar-refractivity contribution >= 4 is 50.0 Å². The third-order valence-electron chi connectivity index (χ3n) is 2.35. The van der Waals surface area contributed by atoms with Crippen LogP contribution in [0.25, 0.3) is 0 Å². The number of sulfonamides is 1. The maximum atomic E-state index is 12.1. The van der Waals surface area contributed by atoms with E-state index in [1.807, 2.05) is 6.07 Å². The number of thioether (sulfide) groups is 1. The topological polar surface area (TPSA) is 53.0 Å². The zero-order chi connectivity index (χ0) is 14.0. The maximum Gasteiger partial charge on any atom is 0.250 e. The standard InChI is InChI=1S/C11H13N3O2S3/c1-13(2)10(17)12-11-14(19(15,16)8-18-11)9-6-4-3-5-7-9/h3-7H,8H2,1-2H3/b12-11+. The average Bonchev–Trinajstić information content (AvgIpc) is 2.65. The number of benzene rings is 1. The first-order valence-electron chi connectivity index (χ1n) is 5.42. The van der Waals surface area contributed by atoms with Gasteiger partial charge in [0.15, 0.2) is 10.3 Å². The zero-order valence-corrected chi connectivity index (χ0v) is 12.9. The van der Waals surface area contributed by atoms with Crippen LogP contribution in [-0.2, 0) is 10.0 Å². The Bertz CT molecular complexity index is 611. The third-order valence-corrected chi connectivity index (χ3v) is 6.06. The van der Waals surface area contributed by atoms with Gasteiger partial charge in [-0.2, -0.15) is 4.99 Å². The lowest BCUT2D eigenvalue weighted by atomic mass is 10.3. The molecule has 1 fully saturated rings. The maximum absolute atomic E-state index is 12.1. The number of amidine groups is 1. The van der Waals surface area contributed by atoms with Crippen LogP contribution < -0.4 is 4.31 Å². The van der Waals surface area contributed by atoms with Crippen molar-refractivity contribution in [3.63, 3.8) is 0 Å². The highest BCUT2D eigenvalue weighted by Gasteiger charge is 2.35. The van der Waals surface area contributed by atoms with Crippen molar-refractivity contribution in [2.45, 2.75) is 0 Å². The van der Waals surface area contributed by atoms with E-state index >= 15 is 0 Å². The molecule has 0 saturated carbocycles. The van der Waals surface area contributed by atoms with E-state index in [2.05, 4.69) is 4.99 Å². The minimum absolute atomic E-state index is 0.0171. The molecule has 0 radical (unpaired) electrons. The number of rotatable bonds is 1. The van der Waals surface area contributed by atoms with E-state index in [4.69, 9.17) is 12.2 Å². The summed E-state index contributed by atoms with van der Waals surface area (Å²) in [4.78, 5) is 5.88. The molecule has 5 nitrogen and oxygen atoms in total. The first kappa shape index (κ1) is 14.3. The molecule has 1 saturated heterocycles. The minimum Gasteiger partial charge on any atom is -0.354 e. The quantitative estimate of drug-likeness (QED) is 0.739. The van der Waals surface area contributed by atoms with E-state index < -0.39 is 10.0 Å². The monoisotopic (exact) mass is 315 g/mol. The van der Waals surface area contributed by atoms with Gasteiger partial charge >= 0.3 is 0 Å². The van der Waals surface area contributed by atoms with Crippen molar-refractivity contribution in [1.82, 2.24) is 4.90 Å². The molecule has 1 heterocycles. The van der Waals surface area contributed by atoms with Crippen molar-refractivity contribution in [1.29, 1.82) is 0 Å². The predicted molar refractivity (Wildman–Crippen MR) is 84.0 cm³/mol. The molecule has 0 N–H and O–H groups in total. The molecule has 0 atom stereocenters. The smallest absolute Gasteiger partial charge is 0.250 e. The second-order valence-electron chi connectivity index (χ2n) is 4.05. The number of para-hydroxylation sites is 1. The van der Waals surface area contributed by atoms with Crippen LogP contribution in [0, 0.1) is 0 Å². The molecule has 0 bridgehead atoms. The summed E-state index contributed by atoms with van der Waals surface area (Å²) in [5, 5.41) is 0.724. The highest BCUT2D eigenvalue weighted by molar-refractivity contribution is 8.27. The molecule has 8 heteroatoms. The average molecular weight is 315 g/mol. The van der Waals surface area contributed by atoms with Crippen molar-refractivity contribution in [2.24, 2.45) is 4.99 Å². The lowest BCUT2D eigenvalue weighted by Gasteiger charge is -2.17. The Kier molecular flexibility index (Phi) is 4.12. The Morgan fingerprint density at radius 2 is 2.00 bits per heavy atom. The van der Waals surface area contributed by atoms with Crippen LogP contribution in [0.2, 0.25) is 0 Å². The summed E-state index contributed by atoms with van der Waals surface area (Å²) >= 11 is 6.27. The number of hydrogen-bond acceptors (Lipinski definition) is 4. The number of aliphatic imine (C=N–C) groups is 1.